The van der Waals surface area contributed by atoms with Crippen LogP contribution in [0.5, 0.6) is 5.75 Å². The second-order valence-electron chi connectivity index (χ2n) is 4.30. The van der Waals surface area contributed by atoms with Crippen LogP contribution in [0.15, 0.2) is 41.3 Å². The zero-order valence-corrected chi connectivity index (χ0v) is 13.2. The summed E-state index contributed by atoms with van der Waals surface area (Å²) in [4.78, 5) is 9.57. The number of halogens is 2. The maximum atomic E-state index is 13.8. The fraction of sp³-hybridized carbons (Fsp3) is 0.0769. The monoisotopic (exact) mass is 360 g/mol. The van der Waals surface area contributed by atoms with Crippen LogP contribution in [0.25, 0.3) is 0 Å². The van der Waals surface area contributed by atoms with Crippen LogP contribution in [-0.2, 0) is 10.0 Å². The average molecular weight is 361 g/mol. The predicted molar refractivity (Wildman–Crippen MR) is 81.9 cm³/mol. The summed E-state index contributed by atoms with van der Waals surface area (Å²) in [6.07, 6.45) is 0. The Morgan fingerprint density at radius 1 is 1.30 bits per heavy atom. The summed E-state index contributed by atoms with van der Waals surface area (Å²) in [5, 5.41) is 10.5. The molecule has 0 radical (unpaired) electrons. The molecule has 0 fully saturated rings. The SMILES string of the molecule is COc1ccc([N+](=O)[O-])cc1S(=O)(=O)Nc1cccc(Cl)c1F. The fourth-order valence-electron chi connectivity index (χ4n) is 1.77. The van der Waals surface area contributed by atoms with E-state index in [-0.39, 0.29) is 16.5 Å². The molecule has 0 aliphatic carbocycles. The van der Waals surface area contributed by atoms with Gasteiger partial charge < -0.3 is 4.74 Å². The molecular weight excluding hydrogens is 351 g/mol. The van der Waals surface area contributed by atoms with E-state index < -0.39 is 31.3 Å². The molecule has 2 aromatic rings. The summed E-state index contributed by atoms with van der Waals surface area (Å²) in [6.45, 7) is 0. The number of anilines is 1. The number of non-ortho nitro benzene ring substituents is 1. The lowest BCUT2D eigenvalue weighted by Crippen LogP contribution is -2.15. The van der Waals surface area contributed by atoms with Crippen molar-refractivity contribution in [2.75, 3.05) is 11.8 Å². The van der Waals surface area contributed by atoms with E-state index in [0.717, 1.165) is 18.2 Å². The van der Waals surface area contributed by atoms with Crippen LogP contribution < -0.4 is 9.46 Å². The van der Waals surface area contributed by atoms with Crippen LogP contribution in [0, 0.1) is 15.9 Å². The minimum absolute atomic E-state index is 0.120. The molecule has 0 spiro atoms. The lowest BCUT2D eigenvalue weighted by atomic mass is 10.3. The second-order valence-corrected chi connectivity index (χ2v) is 6.36. The Hall–Kier alpha value is -2.39. The van der Waals surface area contributed by atoms with Gasteiger partial charge in [0, 0.05) is 12.1 Å². The van der Waals surface area contributed by atoms with E-state index >= 15 is 0 Å². The number of ether oxygens (including phenoxy) is 1. The number of hydrogen-bond donors (Lipinski definition) is 1. The van der Waals surface area contributed by atoms with Crippen LogP contribution in [0.3, 0.4) is 0 Å². The topological polar surface area (TPSA) is 98.5 Å². The number of methoxy groups -OCH3 is 1. The second kappa shape index (κ2) is 6.39. The van der Waals surface area contributed by atoms with Crippen molar-refractivity contribution < 1.29 is 22.5 Å². The third kappa shape index (κ3) is 3.51. The van der Waals surface area contributed by atoms with Gasteiger partial charge in [0.2, 0.25) is 0 Å². The molecule has 0 amide bonds. The molecule has 0 saturated heterocycles. The number of nitrogens with zero attached hydrogens (tertiary/aromatic N) is 1. The van der Waals surface area contributed by atoms with Crippen LogP contribution >= 0.6 is 11.6 Å². The van der Waals surface area contributed by atoms with Gasteiger partial charge >= 0.3 is 0 Å². The van der Waals surface area contributed by atoms with Crippen LogP contribution in [0.1, 0.15) is 0 Å². The summed E-state index contributed by atoms with van der Waals surface area (Å²) in [7, 11) is -3.12. The number of rotatable bonds is 5. The Labute approximate surface area is 135 Å². The quantitative estimate of drug-likeness (QED) is 0.652. The molecular formula is C13H10ClFN2O5S. The van der Waals surface area contributed by atoms with E-state index in [1.807, 2.05) is 4.72 Å². The van der Waals surface area contributed by atoms with Gasteiger partial charge in [-0.15, -0.1) is 0 Å². The minimum Gasteiger partial charge on any atom is -0.495 e. The molecule has 0 unspecified atom stereocenters. The zero-order chi connectivity index (χ0) is 17.2. The van der Waals surface area contributed by atoms with Crippen molar-refractivity contribution in [1.29, 1.82) is 0 Å². The molecule has 0 aliphatic heterocycles. The fourth-order valence-corrected chi connectivity index (χ4v) is 3.20. The summed E-state index contributed by atoms with van der Waals surface area (Å²) in [5.41, 5.74) is -0.830. The minimum atomic E-state index is -4.33. The van der Waals surface area contributed by atoms with Crippen LogP contribution in [0.2, 0.25) is 5.02 Å². The van der Waals surface area contributed by atoms with E-state index in [1.54, 1.807) is 0 Å². The van der Waals surface area contributed by atoms with E-state index in [1.165, 1.54) is 25.3 Å². The van der Waals surface area contributed by atoms with E-state index in [4.69, 9.17) is 16.3 Å². The zero-order valence-electron chi connectivity index (χ0n) is 11.6. The normalized spacial score (nSPS) is 11.1. The third-order valence-electron chi connectivity index (χ3n) is 2.84. The van der Waals surface area contributed by atoms with Crippen molar-refractivity contribution in [2.24, 2.45) is 0 Å². The molecule has 0 aliphatic rings. The van der Waals surface area contributed by atoms with E-state index in [2.05, 4.69) is 0 Å². The molecule has 23 heavy (non-hydrogen) atoms. The maximum absolute atomic E-state index is 13.8. The molecule has 0 saturated carbocycles. The molecule has 0 aromatic heterocycles. The molecule has 122 valence electrons. The first-order chi connectivity index (χ1) is 10.8. The number of nitro benzene ring substituents is 1. The average Bonchev–Trinajstić information content (AvgIpc) is 2.51. The van der Waals surface area contributed by atoms with Crippen LogP contribution in [0.4, 0.5) is 15.8 Å². The number of sulfonamides is 1. The summed E-state index contributed by atoms with van der Waals surface area (Å²) < 4.78 is 45.5. The van der Waals surface area contributed by atoms with E-state index in [0.29, 0.717) is 0 Å². The summed E-state index contributed by atoms with van der Waals surface area (Å²) in [5.74, 6) is -1.08. The van der Waals surface area contributed by atoms with Gasteiger partial charge in [-0.1, -0.05) is 17.7 Å². The molecule has 7 nitrogen and oxygen atoms in total. The van der Waals surface area contributed by atoms with Gasteiger partial charge in [0.25, 0.3) is 15.7 Å². The Morgan fingerprint density at radius 3 is 2.61 bits per heavy atom. The Kier molecular flexibility index (Phi) is 4.71. The Bertz CT molecular complexity index is 873. The Morgan fingerprint density at radius 2 is 2.00 bits per heavy atom. The highest BCUT2D eigenvalue weighted by atomic mass is 35.5. The van der Waals surface area contributed by atoms with Gasteiger partial charge in [0.05, 0.1) is 22.7 Å². The highest BCUT2D eigenvalue weighted by Crippen LogP contribution is 2.31. The first-order valence-corrected chi connectivity index (χ1v) is 7.91. The maximum Gasteiger partial charge on any atom is 0.271 e. The third-order valence-corrected chi connectivity index (χ3v) is 4.52. The van der Waals surface area contributed by atoms with Gasteiger partial charge in [-0.3, -0.25) is 14.8 Å². The molecule has 2 aromatic carbocycles. The lowest BCUT2D eigenvalue weighted by molar-refractivity contribution is -0.385. The lowest BCUT2D eigenvalue weighted by Gasteiger charge is -2.12. The molecule has 0 atom stereocenters. The van der Waals surface area contributed by atoms with Crippen molar-refractivity contribution in [2.45, 2.75) is 4.90 Å². The number of nitro groups is 1. The van der Waals surface area contributed by atoms with Crippen molar-refractivity contribution in [3.05, 3.63) is 57.4 Å². The van der Waals surface area contributed by atoms with Gasteiger partial charge in [-0.25, -0.2) is 12.8 Å². The summed E-state index contributed by atoms with van der Waals surface area (Å²) in [6, 6.07) is 6.83. The first kappa shape index (κ1) is 17.0. The van der Waals surface area contributed by atoms with E-state index in [9.17, 15) is 22.9 Å². The number of nitrogens with one attached hydrogen (secondary N) is 1. The highest BCUT2D eigenvalue weighted by molar-refractivity contribution is 7.92. The van der Waals surface area contributed by atoms with Gasteiger partial charge in [-0.2, -0.15) is 0 Å². The van der Waals surface area contributed by atoms with Crippen molar-refractivity contribution in [1.82, 2.24) is 0 Å². The molecule has 10 heteroatoms. The molecule has 0 heterocycles. The molecule has 0 bridgehead atoms. The van der Waals surface area contributed by atoms with Crippen LogP contribution in [-0.4, -0.2) is 20.5 Å². The first-order valence-electron chi connectivity index (χ1n) is 6.05. The van der Waals surface area contributed by atoms with Crippen molar-refractivity contribution in [3.8, 4) is 5.75 Å². The van der Waals surface area contributed by atoms with Gasteiger partial charge in [0.1, 0.15) is 10.6 Å². The predicted octanol–water partition coefficient (Wildman–Crippen LogP) is 3.20. The highest BCUT2D eigenvalue weighted by Gasteiger charge is 2.24. The number of benzene rings is 2. The Balaban J connectivity index is 2.53. The van der Waals surface area contributed by atoms with Crippen molar-refractivity contribution in [3.63, 3.8) is 0 Å². The van der Waals surface area contributed by atoms with Crippen molar-refractivity contribution >= 4 is 33.0 Å². The standard InChI is InChI=1S/C13H10ClFN2O5S/c1-22-11-6-5-8(17(18)19)7-12(11)23(20,21)16-10-4-2-3-9(14)13(10)15/h2-7,16H,1H3. The molecule has 1 N–H and O–H groups in total. The molecule has 2 rings (SSSR count). The van der Waals surface area contributed by atoms with Gasteiger partial charge in [-0.05, 0) is 18.2 Å². The number of hydrogen-bond acceptors (Lipinski definition) is 5. The smallest absolute Gasteiger partial charge is 0.271 e. The van der Waals surface area contributed by atoms with Gasteiger partial charge in [0.15, 0.2) is 5.82 Å². The largest absolute Gasteiger partial charge is 0.495 e. The summed E-state index contributed by atoms with van der Waals surface area (Å²) >= 11 is 5.59.